The lowest BCUT2D eigenvalue weighted by molar-refractivity contribution is 0.108. The molecule has 2 fully saturated rings. The number of nitrogens with zero attached hydrogens (tertiary/aromatic N) is 2. The first-order chi connectivity index (χ1) is 13.2. The summed E-state index contributed by atoms with van der Waals surface area (Å²) >= 11 is 3.62. The highest BCUT2D eigenvalue weighted by Crippen LogP contribution is 2.30. The fraction of sp³-hybridized carbons (Fsp3) is 0.750. The Morgan fingerprint density at radius 1 is 0.926 bits per heavy atom. The number of benzene rings is 1. The van der Waals surface area contributed by atoms with Crippen molar-refractivity contribution in [1.82, 2.24) is 9.80 Å². The molecule has 1 aliphatic carbocycles. The Kier molecular flexibility index (Phi) is 6.94. The van der Waals surface area contributed by atoms with E-state index < -0.39 is 0 Å². The smallest absolute Gasteiger partial charge is 0.0178 e. The molecule has 0 radical (unpaired) electrons. The van der Waals surface area contributed by atoms with Crippen molar-refractivity contribution in [3.63, 3.8) is 0 Å². The second-order valence-electron chi connectivity index (χ2n) is 9.27. The number of likely N-dealkylation sites (tertiary alicyclic amines) is 2. The van der Waals surface area contributed by atoms with Gasteiger partial charge in [0.05, 0.1) is 0 Å². The Balaban J connectivity index is 1.19. The highest BCUT2D eigenvalue weighted by molar-refractivity contribution is 9.10. The zero-order valence-electron chi connectivity index (χ0n) is 17.1. The Bertz CT molecular complexity index is 600. The predicted molar refractivity (Wildman–Crippen MR) is 118 cm³/mol. The molecular weight excluding hydrogens is 396 g/mol. The molecule has 2 heterocycles. The maximum atomic E-state index is 3.62. The van der Waals surface area contributed by atoms with E-state index in [4.69, 9.17) is 0 Å². The molecule has 0 amide bonds. The Hall–Kier alpha value is -0.380. The number of aryl methyl sites for hydroxylation is 1. The van der Waals surface area contributed by atoms with Gasteiger partial charge in [0.1, 0.15) is 0 Å². The van der Waals surface area contributed by atoms with E-state index in [1.165, 1.54) is 95.0 Å². The van der Waals surface area contributed by atoms with Gasteiger partial charge in [0.15, 0.2) is 0 Å². The van der Waals surface area contributed by atoms with Gasteiger partial charge in [0, 0.05) is 10.5 Å². The van der Waals surface area contributed by atoms with Crippen LogP contribution in [0.4, 0.5) is 0 Å². The van der Waals surface area contributed by atoms with Crippen LogP contribution < -0.4 is 0 Å². The van der Waals surface area contributed by atoms with Crippen molar-refractivity contribution in [3.8, 4) is 0 Å². The van der Waals surface area contributed by atoms with E-state index in [2.05, 4.69) is 50.9 Å². The third-order valence-corrected chi connectivity index (χ3v) is 8.17. The molecule has 0 spiro atoms. The lowest BCUT2D eigenvalue weighted by Gasteiger charge is -2.40. The van der Waals surface area contributed by atoms with E-state index in [-0.39, 0.29) is 0 Å². The van der Waals surface area contributed by atoms with Crippen LogP contribution in [0.3, 0.4) is 0 Å². The van der Waals surface area contributed by atoms with Crippen LogP contribution in [-0.2, 0) is 12.8 Å². The molecule has 0 bridgehead atoms. The van der Waals surface area contributed by atoms with Gasteiger partial charge in [-0.3, -0.25) is 0 Å². The summed E-state index contributed by atoms with van der Waals surface area (Å²) < 4.78 is 1.24. The van der Waals surface area contributed by atoms with Crippen molar-refractivity contribution in [2.75, 3.05) is 32.7 Å². The van der Waals surface area contributed by atoms with Crippen molar-refractivity contribution in [3.05, 3.63) is 33.8 Å². The fourth-order valence-corrected chi connectivity index (χ4v) is 6.01. The Morgan fingerprint density at radius 3 is 2.41 bits per heavy atom. The monoisotopic (exact) mass is 432 g/mol. The highest BCUT2D eigenvalue weighted by Gasteiger charge is 2.28. The molecular formula is C24H37BrN2. The van der Waals surface area contributed by atoms with E-state index in [0.717, 1.165) is 17.9 Å². The second kappa shape index (κ2) is 9.41. The van der Waals surface area contributed by atoms with Crippen molar-refractivity contribution in [2.24, 2.45) is 11.8 Å². The molecule has 2 saturated heterocycles. The number of piperidine rings is 2. The molecule has 0 N–H and O–H groups in total. The first-order valence-electron chi connectivity index (χ1n) is 11.4. The summed E-state index contributed by atoms with van der Waals surface area (Å²) in [5.41, 5.74) is 3.16. The van der Waals surface area contributed by atoms with Crippen LogP contribution in [-0.4, -0.2) is 48.6 Å². The summed E-state index contributed by atoms with van der Waals surface area (Å²) in [5, 5.41) is 0. The lowest BCUT2D eigenvalue weighted by atomic mass is 9.85. The third-order valence-electron chi connectivity index (χ3n) is 7.67. The Labute approximate surface area is 174 Å². The molecule has 1 aromatic rings. The van der Waals surface area contributed by atoms with E-state index in [1.54, 1.807) is 11.1 Å². The van der Waals surface area contributed by atoms with E-state index in [1.807, 2.05) is 0 Å². The van der Waals surface area contributed by atoms with E-state index >= 15 is 0 Å². The molecule has 3 heteroatoms. The van der Waals surface area contributed by atoms with E-state index in [9.17, 15) is 0 Å². The summed E-state index contributed by atoms with van der Waals surface area (Å²) in [5.74, 6) is 1.98. The summed E-state index contributed by atoms with van der Waals surface area (Å²) in [4.78, 5) is 5.56. The van der Waals surface area contributed by atoms with Gasteiger partial charge in [-0.1, -0.05) is 35.3 Å². The van der Waals surface area contributed by atoms with Crippen molar-refractivity contribution in [2.45, 2.75) is 70.8 Å². The highest BCUT2D eigenvalue weighted by atomic mass is 79.9. The molecule has 0 saturated carbocycles. The molecule has 4 rings (SSSR count). The molecule has 3 aliphatic rings. The maximum Gasteiger partial charge on any atom is 0.0178 e. The number of rotatable bonds is 5. The normalized spacial score (nSPS) is 26.2. The number of fused-ring (bicyclic) bond motifs is 1. The molecule has 0 aromatic heterocycles. The SMILES string of the molecule is CCC1CCN(CCC2CCN([C@H]3CCc4cc(Br)ccc4C3)CC2)CC1. The Morgan fingerprint density at radius 2 is 1.67 bits per heavy atom. The minimum absolute atomic E-state index is 0.785. The maximum absolute atomic E-state index is 3.62. The zero-order chi connectivity index (χ0) is 18.6. The van der Waals surface area contributed by atoms with Crippen molar-refractivity contribution in [1.29, 1.82) is 0 Å². The number of halogens is 1. The standard InChI is InChI=1S/C24H37BrN2/c1-2-19-7-12-26(13-8-19)14-9-20-10-15-27(16-11-20)24-6-4-21-17-23(25)5-3-22(21)18-24/h3,5,17,19-20,24H,2,4,6-16,18H2,1H3/t24-/m0/s1. The molecule has 1 aromatic carbocycles. The van der Waals surface area contributed by atoms with Crippen molar-refractivity contribution >= 4 is 15.9 Å². The van der Waals surface area contributed by atoms with Gasteiger partial charge in [-0.25, -0.2) is 0 Å². The number of hydrogen-bond donors (Lipinski definition) is 0. The molecule has 2 nitrogen and oxygen atoms in total. The molecule has 27 heavy (non-hydrogen) atoms. The molecule has 1 atom stereocenters. The largest absolute Gasteiger partial charge is 0.303 e. The van der Waals surface area contributed by atoms with Crippen LogP contribution >= 0.6 is 15.9 Å². The second-order valence-corrected chi connectivity index (χ2v) is 10.2. The van der Waals surface area contributed by atoms with Gasteiger partial charge in [-0.15, -0.1) is 0 Å². The van der Waals surface area contributed by atoms with Crippen LogP contribution in [0.25, 0.3) is 0 Å². The lowest BCUT2D eigenvalue weighted by Crippen LogP contribution is -2.44. The summed E-state index contributed by atoms with van der Waals surface area (Å²) in [7, 11) is 0. The van der Waals surface area contributed by atoms with Gasteiger partial charge < -0.3 is 9.80 Å². The first-order valence-corrected chi connectivity index (χ1v) is 12.2. The van der Waals surface area contributed by atoms with Crippen LogP contribution in [0, 0.1) is 11.8 Å². The average Bonchev–Trinajstić information content (AvgIpc) is 2.72. The average molecular weight is 433 g/mol. The van der Waals surface area contributed by atoms with Crippen LogP contribution in [0.1, 0.15) is 63.0 Å². The van der Waals surface area contributed by atoms with Crippen LogP contribution in [0.2, 0.25) is 0 Å². The molecule has 150 valence electrons. The number of hydrogen-bond acceptors (Lipinski definition) is 2. The quantitative estimate of drug-likeness (QED) is 0.603. The fourth-order valence-electron chi connectivity index (χ4n) is 5.61. The van der Waals surface area contributed by atoms with Crippen LogP contribution in [0.5, 0.6) is 0 Å². The van der Waals surface area contributed by atoms with Crippen LogP contribution in [0.15, 0.2) is 22.7 Å². The summed E-state index contributed by atoms with van der Waals surface area (Å²) in [6, 6.07) is 7.69. The molecule has 2 aliphatic heterocycles. The van der Waals surface area contributed by atoms with Crippen molar-refractivity contribution < 1.29 is 0 Å². The summed E-state index contributed by atoms with van der Waals surface area (Å²) in [6.07, 6.45) is 12.4. The topological polar surface area (TPSA) is 6.48 Å². The third kappa shape index (κ3) is 5.16. The zero-order valence-corrected chi connectivity index (χ0v) is 18.7. The minimum atomic E-state index is 0.785. The molecule has 0 unspecified atom stereocenters. The predicted octanol–water partition coefficient (Wildman–Crippen LogP) is 5.53. The van der Waals surface area contributed by atoms with Gasteiger partial charge in [0.25, 0.3) is 0 Å². The van der Waals surface area contributed by atoms with Gasteiger partial charge in [0.2, 0.25) is 0 Å². The van der Waals surface area contributed by atoms with Gasteiger partial charge in [-0.05, 0) is 119 Å². The minimum Gasteiger partial charge on any atom is -0.303 e. The van der Waals surface area contributed by atoms with E-state index in [0.29, 0.717) is 0 Å². The summed E-state index contributed by atoms with van der Waals surface area (Å²) in [6.45, 7) is 9.09. The first kappa shape index (κ1) is 19.9. The van der Waals surface area contributed by atoms with Gasteiger partial charge >= 0.3 is 0 Å². The van der Waals surface area contributed by atoms with Gasteiger partial charge in [-0.2, -0.15) is 0 Å².